The molecular formula is C3H8Cl2O5. The van der Waals surface area contributed by atoms with Gasteiger partial charge in [0.2, 0.25) is 0 Å². The minimum atomic E-state index is -1.31. The number of carboxylic acids is 2. The first kappa shape index (κ1) is 22.7. The van der Waals surface area contributed by atoms with Gasteiger partial charge in [-0.3, -0.25) is 9.59 Å². The maximum atomic E-state index is 9.43. The Labute approximate surface area is 69.2 Å². The van der Waals surface area contributed by atoms with Crippen LogP contribution in [-0.2, 0) is 9.59 Å². The first-order valence-electron chi connectivity index (χ1n) is 1.56. The van der Waals surface area contributed by atoms with Crippen molar-refractivity contribution in [3.63, 3.8) is 0 Å². The molecule has 64 valence electrons. The van der Waals surface area contributed by atoms with E-state index >= 15 is 0 Å². The minimum absolute atomic E-state index is 0. The van der Waals surface area contributed by atoms with Gasteiger partial charge in [0.15, 0.2) is 0 Å². The fraction of sp³-hybridized carbons (Fsp3) is 0.333. The molecule has 0 radical (unpaired) electrons. The molecule has 7 heteroatoms. The van der Waals surface area contributed by atoms with Crippen molar-refractivity contribution < 1.29 is 25.3 Å². The van der Waals surface area contributed by atoms with Crippen LogP contribution in [0.3, 0.4) is 0 Å². The summed E-state index contributed by atoms with van der Waals surface area (Å²) in [6.07, 6.45) is -0.806. The number of rotatable bonds is 2. The van der Waals surface area contributed by atoms with Crippen LogP contribution in [0.1, 0.15) is 6.42 Å². The molecule has 0 bridgehead atoms. The van der Waals surface area contributed by atoms with Crippen LogP contribution in [0.4, 0.5) is 0 Å². The molecule has 0 fully saturated rings. The highest BCUT2D eigenvalue weighted by Crippen LogP contribution is 1.74. The molecular weight excluding hydrogens is 187 g/mol. The first-order chi connectivity index (χ1) is 3.13. The largest absolute Gasteiger partial charge is 0.481 e. The Hall–Kier alpha value is -0.520. The monoisotopic (exact) mass is 194 g/mol. The molecule has 0 amide bonds. The molecule has 0 heterocycles. The van der Waals surface area contributed by atoms with Crippen LogP contribution < -0.4 is 0 Å². The zero-order chi connectivity index (χ0) is 5.86. The van der Waals surface area contributed by atoms with Crippen molar-refractivity contribution in [2.75, 3.05) is 0 Å². The molecule has 5 nitrogen and oxygen atoms in total. The van der Waals surface area contributed by atoms with E-state index in [0.29, 0.717) is 0 Å². The Morgan fingerprint density at radius 1 is 1.00 bits per heavy atom. The molecule has 0 unspecified atom stereocenters. The van der Waals surface area contributed by atoms with Gasteiger partial charge in [-0.25, -0.2) is 0 Å². The molecule has 0 aromatic rings. The van der Waals surface area contributed by atoms with Crippen LogP contribution >= 0.6 is 24.8 Å². The molecule has 0 spiro atoms. The summed E-state index contributed by atoms with van der Waals surface area (Å²) >= 11 is 0. The van der Waals surface area contributed by atoms with Crippen molar-refractivity contribution in [2.24, 2.45) is 0 Å². The number of aliphatic carboxylic acids is 2. The highest BCUT2D eigenvalue weighted by atomic mass is 35.5. The predicted molar refractivity (Wildman–Crippen MR) is 38.0 cm³/mol. The topological polar surface area (TPSA) is 106 Å². The lowest BCUT2D eigenvalue weighted by molar-refractivity contribution is -0.147. The van der Waals surface area contributed by atoms with Gasteiger partial charge < -0.3 is 15.7 Å². The third-order valence-corrected chi connectivity index (χ3v) is 0.302. The lowest BCUT2D eigenvalue weighted by Crippen LogP contribution is -2.03. The molecule has 0 saturated heterocycles. The maximum absolute atomic E-state index is 9.43. The van der Waals surface area contributed by atoms with Gasteiger partial charge in [-0.2, -0.15) is 0 Å². The van der Waals surface area contributed by atoms with Gasteiger partial charge in [-0.05, 0) is 0 Å². The fourth-order valence-corrected chi connectivity index (χ4v) is 0.129. The van der Waals surface area contributed by atoms with Gasteiger partial charge in [0.05, 0.1) is 0 Å². The summed E-state index contributed by atoms with van der Waals surface area (Å²) in [5.74, 6) is -2.62. The van der Waals surface area contributed by atoms with Crippen molar-refractivity contribution in [1.29, 1.82) is 0 Å². The average Bonchev–Trinajstić information content (AvgIpc) is 1.27. The van der Waals surface area contributed by atoms with E-state index < -0.39 is 18.4 Å². The lowest BCUT2D eigenvalue weighted by Gasteiger charge is -1.80. The molecule has 4 N–H and O–H groups in total. The third-order valence-electron chi connectivity index (χ3n) is 0.302. The summed E-state index contributed by atoms with van der Waals surface area (Å²) in [4.78, 5) is 18.9. The first-order valence-corrected chi connectivity index (χ1v) is 1.56. The van der Waals surface area contributed by atoms with Gasteiger partial charge in [0, 0.05) is 0 Å². The van der Waals surface area contributed by atoms with E-state index in [2.05, 4.69) is 0 Å². The predicted octanol–water partition coefficient (Wildman–Crippen LogP) is -0.435. The summed E-state index contributed by atoms with van der Waals surface area (Å²) in [5.41, 5.74) is 0. The van der Waals surface area contributed by atoms with E-state index in [1.54, 1.807) is 0 Å². The summed E-state index contributed by atoms with van der Waals surface area (Å²) in [7, 11) is 0. The smallest absolute Gasteiger partial charge is 0.314 e. The Kier molecular flexibility index (Phi) is 25.7. The minimum Gasteiger partial charge on any atom is -0.481 e. The average molecular weight is 195 g/mol. The molecule has 0 rings (SSSR count). The van der Waals surface area contributed by atoms with Gasteiger partial charge in [-0.1, -0.05) is 0 Å². The van der Waals surface area contributed by atoms with E-state index in [0.717, 1.165) is 0 Å². The van der Waals surface area contributed by atoms with Crippen molar-refractivity contribution >= 4 is 36.8 Å². The number of hydrogen-bond acceptors (Lipinski definition) is 2. The summed E-state index contributed by atoms with van der Waals surface area (Å²) in [5, 5.41) is 15.4. The van der Waals surface area contributed by atoms with Crippen LogP contribution in [0.15, 0.2) is 0 Å². The highest BCUT2D eigenvalue weighted by molar-refractivity contribution is 5.88. The summed E-state index contributed by atoms with van der Waals surface area (Å²) < 4.78 is 0. The van der Waals surface area contributed by atoms with Crippen LogP contribution in [0.25, 0.3) is 0 Å². The fourth-order valence-electron chi connectivity index (χ4n) is 0.129. The number of hydrogen-bond donors (Lipinski definition) is 2. The molecule has 10 heavy (non-hydrogen) atoms. The van der Waals surface area contributed by atoms with Crippen LogP contribution in [0.5, 0.6) is 0 Å². The molecule has 0 aliphatic heterocycles. The second-order valence-electron chi connectivity index (χ2n) is 0.964. The van der Waals surface area contributed by atoms with E-state index in [1.165, 1.54) is 0 Å². The normalized spacial score (nSPS) is 5.60. The van der Waals surface area contributed by atoms with E-state index in [9.17, 15) is 9.59 Å². The van der Waals surface area contributed by atoms with Crippen molar-refractivity contribution in [3.8, 4) is 0 Å². The Bertz CT molecular complexity index is 91.1. The SMILES string of the molecule is Cl.Cl.O.O=C(O)CC(=O)O. The molecule has 0 saturated carbocycles. The Balaban J connectivity index is -0.0000000600. The Morgan fingerprint density at radius 2 is 1.20 bits per heavy atom. The summed E-state index contributed by atoms with van der Waals surface area (Å²) in [6.45, 7) is 0. The van der Waals surface area contributed by atoms with Gasteiger partial charge >= 0.3 is 11.9 Å². The van der Waals surface area contributed by atoms with E-state index in [1.807, 2.05) is 0 Å². The second kappa shape index (κ2) is 11.3. The van der Waals surface area contributed by atoms with Gasteiger partial charge in [0.1, 0.15) is 6.42 Å². The van der Waals surface area contributed by atoms with Crippen LogP contribution in [0.2, 0.25) is 0 Å². The number of carboxylic acid groups (broad SMARTS) is 2. The van der Waals surface area contributed by atoms with Crippen LogP contribution in [-0.4, -0.2) is 27.6 Å². The quantitative estimate of drug-likeness (QED) is 0.582. The third kappa shape index (κ3) is 25.9. The zero-order valence-electron chi connectivity index (χ0n) is 4.73. The highest BCUT2D eigenvalue weighted by Gasteiger charge is 2.01. The molecule has 0 aromatic heterocycles. The van der Waals surface area contributed by atoms with Crippen molar-refractivity contribution in [1.82, 2.24) is 0 Å². The molecule has 0 aromatic carbocycles. The number of halogens is 2. The van der Waals surface area contributed by atoms with Crippen molar-refractivity contribution in [3.05, 3.63) is 0 Å². The van der Waals surface area contributed by atoms with Gasteiger partial charge in [0.25, 0.3) is 0 Å². The van der Waals surface area contributed by atoms with E-state index in [-0.39, 0.29) is 30.3 Å². The standard InChI is InChI=1S/C3H4O4.2ClH.H2O/c4-2(5)1-3(6)7;;;/h1H2,(H,4,5)(H,6,7);2*1H;1H2. The summed E-state index contributed by atoms with van der Waals surface area (Å²) in [6, 6.07) is 0. The van der Waals surface area contributed by atoms with Gasteiger partial charge in [-0.15, -0.1) is 24.8 Å². The van der Waals surface area contributed by atoms with Crippen LogP contribution in [0, 0.1) is 0 Å². The molecule has 0 aliphatic carbocycles. The molecule has 0 aliphatic rings. The molecule has 0 atom stereocenters. The number of carbonyl (C=O) groups is 2. The maximum Gasteiger partial charge on any atom is 0.314 e. The second-order valence-corrected chi connectivity index (χ2v) is 0.964. The Morgan fingerprint density at radius 3 is 1.20 bits per heavy atom. The van der Waals surface area contributed by atoms with E-state index in [4.69, 9.17) is 10.2 Å². The van der Waals surface area contributed by atoms with Crippen molar-refractivity contribution in [2.45, 2.75) is 6.42 Å². The lowest BCUT2D eigenvalue weighted by atomic mass is 10.5. The zero-order valence-corrected chi connectivity index (χ0v) is 6.37.